The number of carbonyl (C=O) groups excluding carboxylic acids is 17. The number of amides is 17. The van der Waals surface area contributed by atoms with Crippen molar-refractivity contribution >= 4 is 106 Å². The lowest BCUT2D eigenvalue weighted by Gasteiger charge is -2.34. The number of aromatic nitrogens is 12. The molecule has 17 amide bonds. The van der Waals surface area contributed by atoms with Crippen LogP contribution in [0.4, 0.5) is 0 Å². The molecule has 0 radical (unpaired) electrons. The van der Waals surface area contributed by atoms with Gasteiger partial charge in [0, 0.05) is 123 Å². The summed E-state index contributed by atoms with van der Waals surface area (Å²) in [6, 6.07) is -23.7. The molecular weight excluding hydrogens is 1740 g/mol. The number of aromatic amines is 6. The molecule has 0 aromatic carbocycles. The molecule has 0 aliphatic carbocycles. The van der Waals surface area contributed by atoms with Crippen molar-refractivity contribution in [1.82, 2.24) is 149 Å². The molecular formula is C78H112N30O24. The van der Waals surface area contributed by atoms with E-state index in [1.807, 2.05) is 0 Å². The third kappa shape index (κ3) is 30.9. The lowest BCUT2D eigenvalue weighted by atomic mass is 9.99. The van der Waals surface area contributed by atoms with E-state index in [0.29, 0.717) is 12.8 Å². The van der Waals surface area contributed by atoms with E-state index in [1.165, 1.54) is 84.9 Å². The normalized spacial score (nSPS) is 16.5. The lowest BCUT2D eigenvalue weighted by Crippen LogP contribution is -2.62. The van der Waals surface area contributed by atoms with Crippen molar-refractivity contribution in [2.24, 2.45) is 17.6 Å². The van der Waals surface area contributed by atoms with Crippen LogP contribution >= 0.6 is 0 Å². The van der Waals surface area contributed by atoms with Crippen LogP contribution < -0.4 is 85.5 Å². The molecule has 29 N–H and O–H groups in total. The van der Waals surface area contributed by atoms with Gasteiger partial charge in [0.2, 0.25) is 100 Å². The predicted molar refractivity (Wildman–Crippen MR) is 451 cm³/mol. The van der Waals surface area contributed by atoms with E-state index in [0.717, 1.165) is 0 Å². The van der Waals surface area contributed by atoms with Crippen LogP contribution in [0.15, 0.2) is 75.1 Å². The monoisotopic (exact) mass is 1850 g/mol. The molecule has 6 aromatic rings. The molecule has 6 aromatic heterocycles. The molecule has 2 saturated heterocycles. The Hall–Kier alpha value is -14.5. The number of hydrogen-bond acceptors (Lipinski definition) is 30. The third-order valence-corrected chi connectivity index (χ3v) is 21.0. The maximum Gasteiger partial charge on any atom is 0.328 e. The van der Waals surface area contributed by atoms with Crippen molar-refractivity contribution in [2.45, 2.75) is 189 Å². The molecule has 8 heterocycles. The van der Waals surface area contributed by atoms with Gasteiger partial charge in [0.05, 0.1) is 90.6 Å². The zero-order valence-corrected chi connectivity index (χ0v) is 72.3. The fourth-order valence-corrected chi connectivity index (χ4v) is 14.1. The SMILES string of the molecule is CC(C)C[C@H](NC(=O)CNC(=O)[C@H](CO)NC(=O)[C@H](CO)NC(=O)[C@H](Cc1cnc[nH]1)NC(=O)[C@H](Cc1cnc[nH]1)NC(=O)[C@H](Cc1cnc[nH]1)NC(=O)[C@H](Cc1cnc[nH]1)NC(=O)[C@H](Cc1cnc[nH]1)NC(=O)[C@H](Cc1cnc[nH]1)NC(=O)[C@H](CO)NC(=O)[C@H](CO)NC(=O)CN)C(=O)N[C@H](C(=O)N1CCC[C@H]1C(=O)N1CCC[C@H]1C(=O)NCC(=O)N[C@@H](CO)C(=O)O)C(C)C. The number of carboxylic acids is 1. The predicted octanol–water partition coefficient (Wildman–Crippen LogP) is -13.0. The Bertz CT molecular complexity index is 4850. The Balaban J connectivity index is 0.918. The van der Waals surface area contributed by atoms with Crippen molar-refractivity contribution < 1.29 is 117 Å². The second-order valence-electron chi connectivity index (χ2n) is 31.7. The Kier molecular flexibility index (Phi) is 39.8. The molecule has 2 aliphatic rings. The van der Waals surface area contributed by atoms with E-state index in [4.69, 9.17) is 5.73 Å². The summed E-state index contributed by atoms with van der Waals surface area (Å²) in [7, 11) is 0. The minimum Gasteiger partial charge on any atom is -0.480 e. The topological polar surface area (TPSA) is 814 Å². The van der Waals surface area contributed by atoms with Gasteiger partial charge in [-0.15, -0.1) is 0 Å². The van der Waals surface area contributed by atoms with Gasteiger partial charge in [0.25, 0.3) is 0 Å². The van der Waals surface area contributed by atoms with Gasteiger partial charge in [0.1, 0.15) is 90.6 Å². The second-order valence-corrected chi connectivity index (χ2v) is 31.7. The highest BCUT2D eigenvalue weighted by atomic mass is 16.4. The Morgan fingerprint density at radius 1 is 0.356 bits per heavy atom. The van der Waals surface area contributed by atoms with Crippen molar-refractivity contribution in [3.8, 4) is 0 Å². The van der Waals surface area contributed by atoms with Gasteiger partial charge < -0.3 is 156 Å². The van der Waals surface area contributed by atoms with Crippen molar-refractivity contribution in [2.75, 3.05) is 65.8 Å². The van der Waals surface area contributed by atoms with Crippen LogP contribution in [-0.4, -0.2) is 363 Å². The van der Waals surface area contributed by atoms with Crippen LogP contribution in [0, 0.1) is 11.8 Å². The quantitative estimate of drug-likeness (QED) is 0.0169. The average Bonchev–Trinajstić information content (AvgIpc) is 1.64. The van der Waals surface area contributed by atoms with Crippen LogP contribution in [0.2, 0.25) is 0 Å². The van der Waals surface area contributed by atoms with Crippen molar-refractivity contribution in [1.29, 1.82) is 0 Å². The fourth-order valence-electron chi connectivity index (χ4n) is 14.1. The number of aliphatic hydroxyl groups excluding tert-OH is 5. The van der Waals surface area contributed by atoms with E-state index in [9.17, 15) is 107 Å². The molecule has 2 aliphatic heterocycles. The molecule has 0 saturated carbocycles. The number of carboxylic acid groups (broad SMARTS) is 1. The smallest absolute Gasteiger partial charge is 0.328 e. The van der Waals surface area contributed by atoms with Gasteiger partial charge in [0.15, 0.2) is 0 Å². The molecule has 8 rings (SSSR count). The van der Waals surface area contributed by atoms with E-state index >= 15 is 9.59 Å². The maximum atomic E-state index is 15.1. The first kappa shape index (κ1) is 103. The van der Waals surface area contributed by atoms with E-state index in [1.54, 1.807) is 27.7 Å². The molecule has 0 unspecified atom stereocenters. The van der Waals surface area contributed by atoms with Crippen LogP contribution in [0.25, 0.3) is 0 Å². The van der Waals surface area contributed by atoms with E-state index in [2.05, 4.69) is 140 Å². The van der Waals surface area contributed by atoms with Gasteiger partial charge in [-0.2, -0.15) is 0 Å². The number of nitrogens with one attached hydrogen (secondary N) is 21. The fraction of sp³-hybridized carbons (Fsp3) is 0.538. The first-order valence-corrected chi connectivity index (χ1v) is 42.0. The summed E-state index contributed by atoms with van der Waals surface area (Å²) in [6.45, 7) is -0.368. The molecule has 718 valence electrons. The summed E-state index contributed by atoms with van der Waals surface area (Å²) in [6.07, 6.45) is 14.3. The zero-order valence-electron chi connectivity index (χ0n) is 72.3. The van der Waals surface area contributed by atoms with Crippen molar-refractivity contribution in [3.05, 3.63) is 109 Å². The van der Waals surface area contributed by atoms with Crippen LogP contribution in [0.1, 0.15) is 94.0 Å². The van der Waals surface area contributed by atoms with Gasteiger partial charge in [-0.3, -0.25) is 81.5 Å². The molecule has 0 bridgehead atoms. The first-order valence-electron chi connectivity index (χ1n) is 42.0. The number of nitrogens with zero attached hydrogens (tertiary/aromatic N) is 8. The Morgan fingerprint density at radius 2 is 0.636 bits per heavy atom. The van der Waals surface area contributed by atoms with Gasteiger partial charge in [-0.1, -0.05) is 27.7 Å². The minimum atomic E-state index is -1.96. The largest absolute Gasteiger partial charge is 0.480 e. The first-order chi connectivity index (χ1) is 63.1. The Morgan fingerprint density at radius 3 is 0.939 bits per heavy atom. The number of aliphatic carboxylic acids is 1. The molecule has 54 heteroatoms. The number of likely N-dealkylation sites (tertiary alicyclic amines) is 2. The van der Waals surface area contributed by atoms with E-state index < -0.39 is 268 Å². The molecule has 132 heavy (non-hydrogen) atoms. The van der Waals surface area contributed by atoms with Gasteiger partial charge >= 0.3 is 5.97 Å². The molecule has 54 nitrogen and oxygen atoms in total. The highest BCUT2D eigenvalue weighted by Crippen LogP contribution is 2.27. The number of H-pyrrole nitrogens is 6. The summed E-state index contributed by atoms with van der Waals surface area (Å²) in [5.74, 6) is -19.0. The van der Waals surface area contributed by atoms with E-state index in [-0.39, 0.29) is 98.1 Å². The lowest BCUT2D eigenvalue weighted by molar-refractivity contribution is -0.148. The minimum absolute atomic E-state index is 0.0103. The van der Waals surface area contributed by atoms with Gasteiger partial charge in [-0.25, -0.2) is 34.7 Å². The summed E-state index contributed by atoms with van der Waals surface area (Å²) >= 11 is 0. The van der Waals surface area contributed by atoms with Crippen LogP contribution in [0.5, 0.6) is 0 Å². The number of rotatable bonds is 53. The highest BCUT2D eigenvalue weighted by molar-refractivity contribution is 6.01. The molecule has 2 fully saturated rings. The average molecular weight is 1850 g/mol. The summed E-state index contributed by atoms with van der Waals surface area (Å²) in [5.41, 5.74) is 6.80. The number of aliphatic hydroxyl groups is 5. The van der Waals surface area contributed by atoms with Gasteiger partial charge in [-0.05, 0) is 43.9 Å². The maximum absolute atomic E-state index is 15.1. The highest BCUT2D eigenvalue weighted by Gasteiger charge is 2.46. The number of nitrogens with two attached hydrogens (primary N) is 1. The Labute approximate surface area is 751 Å². The number of hydrogen-bond donors (Lipinski definition) is 28. The molecule has 0 spiro atoms. The third-order valence-electron chi connectivity index (χ3n) is 21.0. The zero-order chi connectivity index (χ0) is 96.3. The summed E-state index contributed by atoms with van der Waals surface area (Å²) in [5, 5.41) is 95.9. The number of imidazole rings is 6. The number of carbonyl (C=O) groups is 18. The van der Waals surface area contributed by atoms with Crippen molar-refractivity contribution in [3.63, 3.8) is 0 Å². The second kappa shape index (κ2) is 51.0. The standard InChI is InChI=1S/C78H112N30O24/c1-38(2)11-46(71(124)106-63(39(3)4)77(130)108-10-6-8-59(108)76(129)107-9-5-7-58(107)75(128)87-26-62(116)96-57(31-113)78(131)132)94-61(115)25-86-64(117)53(27-109)103-74(127)56(30-112)104-70(123)52(17-45-24-85-37-93-45)101-68(121)50(15-43-22-83-35-91-43)99-66(119)48(13-41-20-81-33-89-41)97-65(118)47(12-40-19-80-32-88-40)98-67(120)49(14-42-21-82-34-90-42)100-69(122)51(16-44-23-84-36-92-44)102-73(126)55(29-111)105-72(125)54(28-110)95-60(114)18-79/h19-24,32-39,46-59,63,109-113H,5-18,25-31,79H2,1-4H3,(H,80,88)(H,81,89)(H,82,90)(H,83,91)(H,84,92)(H,85,93)(H,86,117)(H,87,128)(H,94,115)(H,95,114)(H,96,116)(H,97,118)(H,98,120)(H,99,119)(H,100,122)(H,101,121)(H,102,126)(H,103,127)(H,104,123)(H,105,125)(H,106,124)(H,131,132)/t46-,47-,48-,49-,50-,51-,52-,53-,54-,55-,56-,57-,58-,59-,63-/m0/s1. The summed E-state index contributed by atoms with van der Waals surface area (Å²) in [4.78, 5) is 293. The molecule has 15 atom stereocenters. The van der Waals surface area contributed by atoms with Crippen LogP contribution in [0.3, 0.4) is 0 Å². The summed E-state index contributed by atoms with van der Waals surface area (Å²) < 4.78 is 0. The van der Waals surface area contributed by atoms with Crippen LogP contribution in [-0.2, 0) is 125 Å².